The second-order valence-electron chi connectivity index (χ2n) is 4.51. The molecule has 0 saturated carbocycles. The van der Waals surface area contributed by atoms with Crippen molar-refractivity contribution in [3.05, 3.63) is 35.9 Å². The van der Waals surface area contributed by atoms with Crippen LogP contribution in [0.1, 0.15) is 5.56 Å². The lowest BCUT2D eigenvalue weighted by Gasteiger charge is -2.15. The molecule has 1 aliphatic heterocycles. The largest absolute Gasteiger partial charge is 0.319 e. The van der Waals surface area contributed by atoms with Crippen LogP contribution in [0.4, 0.5) is 0 Å². The lowest BCUT2D eigenvalue weighted by atomic mass is 10.1. The van der Waals surface area contributed by atoms with Gasteiger partial charge in [-0.1, -0.05) is 52.9 Å². The summed E-state index contributed by atoms with van der Waals surface area (Å²) >= 11 is 2.59. The minimum atomic E-state index is 0.786. The van der Waals surface area contributed by atoms with Gasteiger partial charge in [0, 0.05) is 23.6 Å². The van der Waals surface area contributed by atoms with E-state index in [1.165, 1.54) is 18.7 Å². The van der Waals surface area contributed by atoms with E-state index in [1.807, 2.05) is 7.05 Å². The number of hydrogen-bond acceptors (Lipinski definition) is 2. The third-order valence-electron chi connectivity index (χ3n) is 3.15. The molecule has 88 valence electrons. The Bertz CT molecular complexity index is 315. The Balaban J connectivity index is 1.89. The maximum absolute atomic E-state index is 3.29. The summed E-state index contributed by atoms with van der Waals surface area (Å²) < 4.78 is 0.786. The zero-order chi connectivity index (χ0) is 11.4. The molecule has 16 heavy (non-hydrogen) atoms. The Kier molecular flexibility index (Phi) is 4.61. The number of nitrogens with zero attached hydrogens (tertiary/aromatic N) is 1. The van der Waals surface area contributed by atoms with Gasteiger partial charge in [0.25, 0.3) is 0 Å². The molecule has 0 radical (unpaired) electrons. The van der Waals surface area contributed by atoms with Crippen LogP contribution in [0.25, 0.3) is 0 Å². The average molecular weight is 330 g/mol. The molecule has 0 aromatic heterocycles. The smallest absolute Gasteiger partial charge is 0.0290 e. The highest BCUT2D eigenvalue weighted by Crippen LogP contribution is 2.24. The summed E-state index contributed by atoms with van der Waals surface area (Å²) in [6.45, 7) is 4.69. The van der Waals surface area contributed by atoms with Crippen molar-refractivity contribution in [1.29, 1.82) is 0 Å². The van der Waals surface area contributed by atoms with Crippen LogP contribution >= 0.6 is 22.6 Å². The van der Waals surface area contributed by atoms with E-state index in [4.69, 9.17) is 0 Å². The third-order valence-corrected chi connectivity index (χ3v) is 4.56. The number of benzene rings is 1. The molecule has 0 bridgehead atoms. The van der Waals surface area contributed by atoms with E-state index in [0.29, 0.717) is 0 Å². The molecule has 1 N–H and O–H groups in total. The predicted octanol–water partition coefficient (Wildman–Crippen LogP) is 2.14. The van der Waals surface area contributed by atoms with Gasteiger partial charge in [-0.3, -0.25) is 4.90 Å². The highest BCUT2D eigenvalue weighted by Gasteiger charge is 2.29. The molecule has 2 nitrogen and oxygen atoms in total. The van der Waals surface area contributed by atoms with E-state index >= 15 is 0 Å². The summed E-state index contributed by atoms with van der Waals surface area (Å²) in [7, 11) is 2.04. The van der Waals surface area contributed by atoms with Gasteiger partial charge in [-0.15, -0.1) is 0 Å². The summed E-state index contributed by atoms with van der Waals surface area (Å²) in [5.74, 6) is 0.800. The van der Waals surface area contributed by atoms with Crippen molar-refractivity contribution in [3.63, 3.8) is 0 Å². The normalized spacial score (nSPS) is 26.1. The molecule has 1 saturated heterocycles. The maximum atomic E-state index is 3.29. The van der Waals surface area contributed by atoms with E-state index < -0.39 is 0 Å². The van der Waals surface area contributed by atoms with E-state index in [1.54, 1.807) is 0 Å². The molecule has 1 aromatic carbocycles. The number of rotatable bonds is 4. The van der Waals surface area contributed by atoms with Gasteiger partial charge >= 0.3 is 0 Å². The van der Waals surface area contributed by atoms with Gasteiger partial charge in [-0.25, -0.2) is 0 Å². The summed E-state index contributed by atoms with van der Waals surface area (Å²) in [5.41, 5.74) is 1.43. The van der Waals surface area contributed by atoms with Gasteiger partial charge < -0.3 is 5.32 Å². The van der Waals surface area contributed by atoms with Gasteiger partial charge in [0.05, 0.1) is 0 Å². The van der Waals surface area contributed by atoms with Gasteiger partial charge in [0.2, 0.25) is 0 Å². The topological polar surface area (TPSA) is 15.3 Å². The van der Waals surface area contributed by atoms with Crippen LogP contribution in [-0.4, -0.2) is 35.5 Å². The minimum Gasteiger partial charge on any atom is -0.319 e. The van der Waals surface area contributed by atoms with Crippen molar-refractivity contribution in [1.82, 2.24) is 10.2 Å². The first-order valence-electron chi connectivity index (χ1n) is 5.84. The third kappa shape index (κ3) is 3.18. The Labute approximate surface area is 112 Å². The highest BCUT2D eigenvalue weighted by molar-refractivity contribution is 14.1. The van der Waals surface area contributed by atoms with Crippen LogP contribution in [0.2, 0.25) is 0 Å². The number of alkyl halides is 1. The molecule has 0 aliphatic carbocycles. The van der Waals surface area contributed by atoms with E-state index in [9.17, 15) is 0 Å². The van der Waals surface area contributed by atoms with Gasteiger partial charge in [0.15, 0.2) is 0 Å². The number of halogens is 1. The fraction of sp³-hybridized carbons (Fsp3) is 0.538. The Morgan fingerprint density at radius 2 is 2.06 bits per heavy atom. The molecular weight excluding hydrogens is 311 g/mol. The molecule has 2 unspecified atom stereocenters. The van der Waals surface area contributed by atoms with Crippen LogP contribution in [0.3, 0.4) is 0 Å². The van der Waals surface area contributed by atoms with Crippen LogP contribution in [0.15, 0.2) is 30.3 Å². The van der Waals surface area contributed by atoms with E-state index in [0.717, 1.165) is 22.9 Å². The van der Waals surface area contributed by atoms with Crippen molar-refractivity contribution in [3.8, 4) is 0 Å². The SMILES string of the molecule is CNCC1CN(Cc2ccccc2)CC1I. The van der Waals surface area contributed by atoms with Crippen LogP contribution in [-0.2, 0) is 6.54 Å². The first-order valence-corrected chi connectivity index (χ1v) is 7.09. The van der Waals surface area contributed by atoms with Crippen molar-refractivity contribution < 1.29 is 0 Å². The molecule has 3 heteroatoms. The lowest BCUT2D eigenvalue weighted by Crippen LogP contribution is -2.25. The van der Waals surface area contributed by atoms with E-state index in [2.05, 4.69) is 63.1 Å². The summed E-state index contributed by atoms with van der Waals surface area (Å²) in [6.07, 6.45) is 0. The van der Waals surface area contributed by atoms with E-state index in [-0.39, 0.29) is 0 Å². The molecule has 0 spiro atoms. The summed E-state index contributed by atoms with van der Waals surface area (Å²) in [6, 6.07) is 10.8. The van der Waals surface area contributed by atoms with Crippen molar-refractivity contribution in [2.75, 3.05) is 26.7 Å². The quantitative estimate of drug-likeness (QED) is 0.672. The molecule has 2 atom stereocenters. The van der Waals surface area contributed by atoms with Gasteiger partial charge in [-0.05, 0) is 25.1 Å². The van der Waals surface area contributed by atoms with Crippen LogP contribution in [0.5, 0.6) is 0 Å². The highest BCUT2D eigenvalue weighted by atomic mass is 127. The van der Waals surface area contributed by atoms with Crippen LogP contribution in [0, 0.1) is 5.92 Å². The van der Waals surface area contributed by atoms with Crippen LogP contribution < -0.4 is 5.32 Å². The zero-order valence-electron chi connectivity index (χ0n) is 9.70. The maximum Gasteiger partial charge on any atom is 0.0290 e. The monoisotopic (exact) mass is 330 g/mol. The standard InChI is InChI=1S/C13H19IN2/c1-15-7-12-9-16(10-13(12)14)8-11-5-3-2-4-6-11/h2-6,12-13,15H,7-10H2,1H3. The second-order valence-corrected chi connectivity index (χ2v) is 6.11. The fourth-order valence-corrected chi connectivity index (χ4v) is 3.38. The summed E-state index contributed by atoms with van der Waals surface area (Å²) in [4.78, 5) is 2.56. The number of nitrogens with one attached hydrogen (secondary N) is 1. The molecule has 2 rings (SSSR count). The fourth-order valence-electron chi connectivity index (χ4n) is 2.34. The molecule has 0 amide bonds. The first kappa shape index (κ1) is 12.3. The number of hydrogen-bond donors (Lipinski definition) is 1. The predicted molar refractivity (Wildman–Crippen MR) is 76.9 cm³/mol. The Morgan fingerprint density at radius 3 is 2.75 bits per heavy atom. The zero-order valence-corrected chi connectivity index (χ0v) is 11.9. The van der Waals surface area contributed by atoms with Gasteiger partial charge in [-0.2, -0.15) is 0 Å². The minimum absolute atomic E-state index is 0.786. The second kappa shape index (κ2) is 5.98. The summed E-state index contributed by atoms with van der Waals surface area (Å²) in [5, 5.41) is 3.29. The molecular formula is C13H19IN2. The van der Waals surface area contributed by atoms with Crippen molar-refractivity contribution in [2.24, 2.45) is 5.92 Å². The average Bonchev–Trinajstić information content (AvgIpc) is 2.61. The Hall–Kier alpha value is -0.130. The molecule has 1 heterocycles. The van der Waals surface area contributed by atoms with Gasteiger partial charge in [0.1, 0.15) is 0 Å². The van der Waals surface area contributed by atoms with Crippen molar-refractivity contribution in [2.45, 2.75) is 10.5 Å². The Morgan fingerprint density at radius 1 is 1.31 bits per heavy atom. The first-order chi connectivity index (χ1) is 7.79. The molecule has 1 aliphatic rings. The molecule has 1 aromatic rings. The number of likely N-dealkylation sites (tertiary alicyclic amines) is 1. The lowest BCUT2D eigenvalue weighted by molar-refractivity contribution is 0.315. The van der Waals surface area contributed by atoms with Crippen molar-refractivity contribution >= 4 is 22.6 Å². The molecule has 1 fully saturated rings.